The minimum Gasteiger partial charge on any atom is -0.223 e. The van der Waals surface area contributed by atoms with Gasteiger partial charge in [-0.1, -0.05) is 77.1 Å². The first kappa shape index (κ1) is 23.9. The predicted octanol–water partition coefficient (Wildman–Crippen LogP) is 8.97. The summed E-state index contributed by atoms with van der Waals surface area (Å²) in [6.07, 6.45) is 8.50. The maximum atomic E-state index is 2.75. The van der Waals surface area contributed by atoms with Gasteiger partial charge in [-0.2, -0.15) is 4.40 Å². The van der Waals surface area contributed by atoms with Gasteiger partial charge in [0.15, 0.2) is 5.69 Å². The van der Waals surface area contributed by atoms with Gasteiger partial charge in [-0.25, -0.2) is 4.57 Å². The van der Waals surface area contributed by atoms with Gasteiger partial charge in [-0.3, -0.25) is 0 Å². The molecular weight excluding hydrogens is 460 g/mol. The van der Waals surface area contributed by atoms with Gasteiger partial charge < -0.3 is 0 Å². The van der Waals surface area contributed by atoms with Crippen molar-refractivity contribution in [3.63, 3.8) is 0 Å². The van der Waals surface area contributed by atoms with Crippen LogP contribution < -0.4 is 4.57 Å². The van der Waals surface area contributed by atoms with Crippen molar-refractivity contribution in [1.29, 1.82) is 0 Å². The molecule has 2 aromatic heterocycles. The van der Waals surface area contributed by atoms with Gasteiger partial charge >= 0.3 is 0 Å². The Kier molecular flexibility index (Phi) is 4.86. The number of rotatable bonds is 4. The van der Waals surface area contributed by atoms with Crippen LogP contribution >= 0.6 is 0 Å². The molecule has 2 aliphatic rings. The minimum absolute atomic E-state index is 0.142. The lowest BCUT2D eigenvalue weighted by atomic mass is 9.48. The molecule has 1 aliphatic carbocycles. The summed E-state index contributed by atoms with van der Waals surface area (Å²) in [4.78, 5) is 0. The molecule has 3 heterocycles. The third-order valence-corrected chi connectivity index (χ3v) is 10.3. The molecule has 194 valence electrons. The van der Waals surface area contributed by atoms with E-state index in [1.807, 2.05) is 0 Å². The molecule has 2 nitrogen and oxygen atoms in total. The zero-order chi connectivity index (χ0) is 26.6. The van der Waals surface area contributed by atoms with E-state index < -0.39 is 0 Å². The summed E-state index contributed by atoms with van der Waals surface area (Å²) < 4.78 is 5.38. The average molecular weight is 502 g/mol. The first-order valence-corrected chi connectivity index (χ1v) is 14.7. The minimum atomic E-state index is 0.142. The number of pyridine rings is 1. The molecule has 2 unspecified atom stereocenters. The monoisotopic (exact) mass is 501 g/mol. The second-order valence-electron chi connectivity index (χ2n) is 13.4. The van der Waals surface area contributed by atoms with Gasteiger partial charge in [-0.05, 0) is 85.8 Å². The van der Waals surface area contributed by atoms with E-state index in [9.17, 15) is 0 Å². The van der Waals surface area contributed by atoms with Crippen LogP contribution in [0.3, 0.4) is 0 Å². The Labute approximate surface area is 227 Å². The maximum Gasteiger partial charge on any atom is 0.296 e. The fourth-order valence-electron chi connectivity index (χ4n) is 8.63. The van der Waals surface area contributed by atoms with Crippen LogP contribution in [0.5, 0.6) is 0 Å². The first-order chi connectivity index (χ1) is 18.2. The Morgan fingerprint density at radius 1 is 0.868 bits per heavy atom. The number of imidazole rings is 1. The highest BCUT2D eigenvalue weighted by molar-refractivity contribution is 6.13. The first-order valence-electron chi connectivity index (χ1n) is 14.7. The maximum absolute atomic E-state index is 2.75. The van der Waals surface area contributed by atoms with Gasteiger partial charge in [0, 0.05) is 21.8 Å². The van der Waals surface area contributed by atoms with E-state index in [0.717, 1.165) is 12.8 Å². The van der Waals surface area contributed by atoms with Crippen LogP contribution in [0.4, 0.5) is 0 Å². The molecule has 1 fully saturated rings. The summed E-state index contributed by atoms with van der Waals surface area (Å²) >= 11 is 0. The van der Waals surface area contributed by atoms with Crippen LogP contribution in [-0.2, 0) is 17.4 Å². The largest absolute Gasteiger partial charge is 0.296 e. The molecule has 5 aromatic rings. The van der Waals surface area contributed by atoms with Crippen molar-refractivity contribution in [3.8, 4) is 11.3 Å². The van der Waals surface area contributed by atoms with E-state index in [4.69, 9.17) is 0 Å². The quantitative estimate of drug-likeness (QED) is 0.172. The van der Waals surface area contributed by atoms with Crippen molar-refractivity contribution in [2.75, 3.05) is 0 Å². The van der Waals surface area contributed by atoms with Crippen molar-refractivity contribution in [3.05, 3.63) is 83.0 Å². The molecule has 1 aliphatic heterocycles. The molecule has 2 atom stereocenters. The highest BCUT2D eigenvalue weighted by Gasteiger charge is 2.65. The molecule has 0 amide bonds. The van der Waals surface area contributed by atoms with Crippen molar-refractivity contribution in [2.24, 2.45) is 5.41 Å². The van der Waals surface area contributed by atoms with Crippen LogP contribution in [0.15, 0.2) is 60.8 Å². The second kappa shape index (κ2) is 7.72. The molecule has 1 saturated carbocycles. The van der Waals surface area contributed by atoms with E-state index in [1.165, 1.54) is 74.5 Å². The van der Waals surface area contributed by atoms with Crippen LogP contribution in [0.25, 0.3) is 38.6 Å². The highest BCUT2D eigenvalue weighted by atomic mass is 15.2. The van der Waals surface area contributed by atoms with E-state index in [0.29, 0.717) is 0 Å². The highest BCUT2D eigenvalue weighted by Crippen LogP contribution is 2.62. The number of hydrogen-bond donors (Lipinski definition) is 0. The summed E-state index contributed by atoms with van der Waals surface area (Å²) in [5.41, 5.74) is 11.8. The molecule has 3 aromatic carbocycles. The Morgan fingerprint density at radius 2 is 1.61 bits per heavy atom. The lowest BCUT2D eigenvalue weighted by Crippen LogP contribution is -2.74. The summed E-state index contributed by atoms with van der Waals surface area (Å²) in [5.74, 6) is 0. The summed E-state index contributed by atoms with van der Waals surface area (Å²) in [6, 6.07) is 21.2. The smallest absolute Gasteiger partial charge is 0.223 e. The SMILES string of the molecule is CCC12CCC1(CC)[n+]1cc(-c3c(C)cccc3C)n3c4ccc(CC(C)(C)C)cc4c4cccc2c4c31. The zero-order valence-corrected chi connectivity index (χ0v) is 24.2. The van der Waals surface area contributed by atoms with Crippen molar-refractivity contribution in [2.45, 2.75) is 91.5 Å². The lowest BCUT2D eigenvalue weighted by Gasteiger charge is -2.59. The van der Waals surface area contributed by atoms with Gasteiger partial charge in [0.2, 0.25) is 0 Å². The number of benzene rings is 3. The van der Waals surface area contributed by atoms with Crippen molar-refractivity contribution in [1.82, 2.24) is 4.40 Å². The Bertz CT molecular complexity index is 1750. The van der Waals surface area contributed by atoms with Crippen LogP contribution in [0, 0.1) is 19.3 Å². The lowest BCUT2D eigenvalue weighted by molar-refractivity contribution is -0.769. The molecular formula is C36H41N2+. The fraction of sp³-hybridized carbons (Fsp3) is 0.417. The van der Waals surface area contributed by atoms with Crippen LogP contribution in [-0.4, -0.2) is 4.40 Å². The van der Waals surface area contributed by atoms with Gasteiger partial charge in [-0.15, -0.1) is 0 Å². The number of aromatic nitrogens is 2. The van der Waals surface area contributed by atoms with Crippen molar-refractivity contribution >= 4 is 27.3 Å². The zero-order valence-electron chi connectivity index (χ0n) is 24.2. The van der Waals surface area contributed by atoms with Crippen LogP contribution in [0.1, 0.15) is 82.6 Å². The molecule has 0 bridgehead atoms. The summed E-state index contributed by atoms with van der Waals surface area (Å²) in [5, 5.41) is 4.29. The number of nitrogens with zero attached hydrogens (tertiary/aromatic N) is 2. The third kappa shape index (κ3) is 2.82. The number of aryl methyl sites for hydroxylation is 2. The Hall–Kier alpha value is -3.13. The molecule has 7 rings (SSSR count). The third-order valence-electron chi connectivity index (χ3n) is 10.3. The standard InChI is InChI=1S/C36H41N2/c1-8-35-18-19-36(35,9-2)37-22-30(31-23(3)12-10-13-24(31)4)38-29-17-16-25(21-34(5,6)7)20-27(29)26-14-11-15-28(35)32(26)33(37)38/h10-17,20,22H,8-9,18-19,21H2,1-7H3/q+1. The van der Waals surface area contributed by atoms with Gasteiger partial charge in [0.25, 0.3) is 5.65 Å². The summed E-state index contributed by atoms with van der Waals surface area (Å²) in [6.45, 7) is 16.4. The molecule has 0 saturated heterocycles. The Balaban J connectivity index is 1.72. The predicted molar refractivity (Wildman–Crippen MR) is 160 cm³/mol. The second-order valence-corrected chi connectivity index (χ2v) is 13.4. The normalized spacial score (nSPS) is 22.4. The molecule has 0 radical (unpaired) electrons. The number of hydrogen-bond acceptors (Lipinski definition) is 0. The number of fused-ring (bicyclic) bond motifs is 6. The molecule has 2 heteroatoms. The van der Waals surface area contributed by atoms with E-state index in [-0.39, 0.29) is 16.4 Å². The Morgan fingerprint density at radius 3 is 2.24 bits per heavy atom. The fourth-order valence-corrected chi connectivity index (χ4v) is 8.63. The molecule has 38 heavy (non-hydrogen) atoms. The van der Waals surface area contributed by atoms with Gasteiger partial charge in [0.1, 0.15) is 17.3 Å². The van der Waals surface area contributed by atoms with E-state index in [1.54, 1.807) is 5.56 Å². The van der Waals surface area contributed by atoms with Crippen molar-refractivity contribution < 1.29 is 4.57 Å². The van der Waals surface area contributed by atoms with E-state index >= 15 is 0 Å². The van der Waals surface area contributed by atoms with Crippen LogP contribution in [0.2, 0.25) is 0 Å². The molecule has 0 N–H and O–H groups in total. The topological polar surface area (TPSA) is 8.29 Å². The van der Waals surface area contributed by atoms with Gasteiger partial charge in [0.05, 0.1) is 5.39 Å². The molecule has 0 spiro atoms. The summed E-state index contributed by atoms with van der Waals surface area (Å²) in [7, 11) is 0. The average Bonchev–Trinajstić information content (AvgIpc) is 3.24. The van der Waals surface area contributed by atoms with E-state index in [2.05, 4.69) is 118 Å².